The number of fused-ring (bicyclic) bond motifs is 1. The fourth-order valence-electron chi connectivity index (χ4n) is 2.10. The predicted octanol–water partition coefficient (Wildman–Crippen LogP) is 3.26. The molecular weight excluding hydrogens is 364 g/mol. The van der Waals surface area contributed by atoms with Crippen molar-refractivity contribution in [2.24, 2.45) is 0 Å². The molecule has 6 nitrogen and oxygen atoms in total. The Hall–Kier alpha value is -2.32. The van der Waals surface area contributed by atoms with Crippen LogP contribution >= 0.6 is 27.3 Å². The Morgan fingerprint density at radius 2 is 1.91 bits per heavy atom. The normalized spacial score (nSPS) is 11.1. The molecule has 4 aromatic rings. The number of hydrogen-bond donors (Lipinski definition) is 1. The van der Waals surface area contributed by atoms with Crippen molar-refractivity contribution >= 4 is 38.7 Å². The van der Waals surface area contributed by atoms with Crippen LogP contribution in [0.3, 0.4) is 0 Å². The van der Waals surface area contributed by atoms with E-state index in [0.717, 1.165) is 20.7 Å². The highest BCUT2D eigenvalue weighted by atomic mass is 79.9. The van der Waals surface area contributed by atoms with Gasteiger partial charge in [-0.15, -0.1) is 21.5 Å². The number of nitrogens with zero attached hydrogens (tertiary/aromatic N) is 5. The number of rotatable bonds is 2. The van der Waals surface area contributed by atoms with Crippen LogP contribution in [-0.2, 0) is 0 Å². The van der Waals surface area contributed by atoms with Gasteiger partial charge in [0.1, 0.15) is 5.01 Å². The van der Waals surface area contributed by atoms with Gasteiger partial charge in [-0.25, -0.2) is 4.98 Å². The number of halogens is 1. The number of hydrogen-bond acceptors (Lipinski definition) is 6. The van der Waals surface area contributed by atoms with Gasteiger partial charge in [0.2, 0.25) is 0 Å². The van der Waals surface area contributed by atoms with Crippen LogP contribution in [0.2, 0.25) is 0 Å². The summed E-state index contributed by atoms with van der Waals surface area (Å²) in [6.07, 6.45) is 1.64. The lowest BCUT2D eigenvalue weighted by atomic mass is 10.2. The molecule has 8 heteroatoms. The van der Waals surface area contributed by atoms with Crippen molar-refractivity contribution in [3.63, 3.8) is 0 Å². The smallest absolute Gasteiger partial charge is 0.179 e. The fourth-order valence-corrected chi connectivity index (χ4v) is 3.18. The maximum Gasteiger partial charge on any atom is 0.179 e. The second-order valence-electron chi connectivity index (χ2n) is 4.58. The SMILES string of the molecule is Nc1c(-c2nc(-c3ccc(Br)cc3)cs2)nnc2ccnn12. The highest BCUT2D eigenvalue weighted by Crippen LogP contribution is 2.30. The second-order valence-corrected chi connectivity index (χ2v) is 6.35. The zero-order valence-electron chi connectivity index (χ0n) is 11.1. The van der Waals surface area contributed by atoms with Gasteiger partial charge in [-0.3, -0.25) is 0 Å². The number of anilines is 1. The van der Waals surface area contributed by atoms with Gasteiger partial charge in [-0.1, -0.05) is 28.1 Å². The molecule has 0 unspecified atom stereocenters. The van der Waals surface area contributed by atoms with E-state index in [1.165, 1.54) is 11.3 Å². The number of nitrogens with two attached hydrogens (primary N) is 1. The van der Waals surface area contributed by atoms with E-state index >= 15 is 0 Å². The van der Waals surface area contributed by atoms with Gasteiger partial charge in [0.25, 0.3) is 0 Å². The summed E-state index contributed by atoms with van der Waals surface area (Å²) in [6, 6.07) is 9.74. The number of aromatic nitrogens is 5. The van der Waals surface area contributed by atoms with Gasteiger partial charge in [0.05, 0.1) is 11.9 Å². The van der Waals surface area contributed by atoms with Crippen molar-refractivity contribution in [3.8, 4) is 22.0 Å². The summed E-state index contributed by atoms with van der Waals surface area (Å²) in [6.45, 7) is 0. The van der Waals surface area contributed by atoms with E-state index in [4.69, 9.17) is 5.73 Å². The summed E-state index contributed by atoms with van der Waals surface area (Å²) in [5.74, 6) is 0.437. The van der Waals surface area contributed by atoms with Gasteiger partial charge in [0.15, 0.2) is 17.2 Å². The van der Waals surface area contributed by atoms with E-state index in [2.05, 4.69) is 36.2 Å². The molecule has 1 aromatic carbocycles. The molecule has 0 aliphatic carbocycles. The van der Waals surface area contributed by atoms with Gasteiger partial charge < -0.3 is 5.73 Å². The number of benzene rings is 1. The molecule has 2 N–H and O–H groups in total. The zero-order chi connectivity index (χ0) is 15.1. The molecule has 0 fully saturated rings. The summed E-state index contributed by atoms with van der Waals surface area (Å²) >= 11 is 4.91. The molecule has 0 saturated heterocycles. The fraction of sp³-hybridized carbons (Fsp3) is 0. The minimum absolute atomic E-state index is 0.437. The molecule has 0 aliphatic heterocycles. The van der Waals surface area contributed by atoms with E-state index < -0.39 is 0 Å². The average molecular weight is 373 g/mol. The monoisotopic (exact) mass is 372 g/mol. The maximum atomic E-state index is 6.12. The van der Waals surface area contributed by atoms with Crippen molar-refractivity contribution in [3.05, 3.63) is 46.4 Å². The Morgan fingerprint density at radius 1 is 1.09 bits per heavy atom. The molecule has 0 atom stereocenters. The lowest BCUT2D eigenvalue weighted by Gasteiger charge is -2.02. The lowest BCUT2D eigenvalue weighted by molar-refractivity contribution is 0.906. The van der Waals surface area contributed by atoms with E-state index in [1.807, 2.05) is 29.6 Å². The highest BCUT2D eigenvalue weighted by molar-refractivity contribution is 9.10. The standard InChI is InChI=1S/C14H9BrN6S/c15-9-3-1-8(2-4-9)10-7-22-14(18-10)12-13(16)21-11(19-20-12)5-6-17-21/h1-7H,16H2. The second kappa shape index (κ2) is 5.15. The molecule has 0 aliphatic rings. The minimum Gasteiger partial charge on any atom is -0.382 e. The van der Waals surface area contributed by atoms with E-state index in [9.17, 15) is 0 Å². The molecule has 0 amide bonds. The van der Waals surface area contributed by atoms with Crippen molar-refractivity contribution in [2.45, 2.75) is 0 Å². The van der Waals surface area contributed by atoms with Crippen molar-refractivity contribution in [2.75, 3.05) is 5.73 Å². The Kier molecular flexibility index (Phi) is 3.12. The van der Waals surface area contributed by atoms with Crippen molar-refractivity contribution < 1.29 is 0 Å². The highest BCUT2D eigenvalue weighted by Gasteiger charge is 2.14. The van der Waals surface area contributed by atoms with Gasteiger partial charge >= 0.3 is 0 Å². The van der Waals surface area contributed by atoms with Gasteiger partial charge in [-0.2, -0.15) is 9.61 Å². The molecule has 108 valence electrons. The van der Waals surface area contributed by atoms with Crippen LogP contribution < -0.4 is 5.73 Å². The molecule has 4 rings (SSSR count). The first kappa shape index (κ1) is 13.4. The first-order valence-corrected chi connectivity index (χ1v) is 8.07. The Labute approximate surface area is 137 Å². The first-order valence-electron chi connectivity index (χ1n) is 6.40. The first-order chi connectivity index (χ1) is 10.7. The van der Waals surface area contributed by atoms with Crippen molar-refractivity contribution in [1.29, 1.82) is 0 Å². The zero-order valence-corrected chi connectivity index (χ0v) is 13.5. The minimum atomic E-state index is 0.437. The van der Waals surface area contributed by atoms with Crippen LogP contribution in [-0.4, -0.2) is 24.8 Å². The third kappa shape index (κ3) is 2.16. The summed E-state index contributed by atoms with van der Waals surface area (Å²) < 4.78 is 2.59. The molecular formula is C14H9BrN6S. The Balaban J connectivity index is 1.79. The molecule has 22 heavy (non-hydrogen) atoms. The third-order valence-electron chi connectivity index (χ3n) is 3.19. The predicted molar refractivity (Wildman–Crippen MR) is 89.4 cm³/mol. The van der Waals surface area contributed by atoms with Crippen LogP contribution in [0.5, 0.6) is 0 Å². The Morgan fingerprint density at radius 3 is 2.73 bits per heavy atom. The van der Waals surface area contributed by atoms with Crippen molar-refractivity contribution in [1.82, 2.24) is 24.8 Å². The van der Waals surface area contributed by atoms with Crippen LogP contribution in [0.25, 0.3) is 27.6 Å². The lowest BCUT2D eigenvalue weighted by Crippen LogP contribution is -2.05. The van der Waals surface area contributed by atoms with E-state index in [1.54, 1.807) is 16.8 Å². The van der Waals surface area contributed by atoms with Gasteiger partial charge in [-0.05, 0) is 12.1 Å². The molecule has 0 bridgehead atoms. The largest absolute Gasteiger partial charge is 0.382 e. The molecule has 3 aromatic heterocycles. The van der Waals surface area contributed by atoms with Crippen LogP contribution in [0.4, 0.5) is 5.82 Å². The van der Waals surface area contributed by atoms with E-state index in [-0.39, 0.29) is 0 Å². The van der Waals surface area contributed by atoms with E-state index in [0.29, 0.717) is 17.2 Å². The number of nitrogen functional groups attached to an aromatic ring is 1. The summed E-state index contributed by atoms with van der Waals surface area (Å²) in [7, 11) is 0. The summed E-state index contributed by atoms with van der Waals surface area (Å²) in [5, 5.41) is 15.1. The van der Waals surface area contributed by atoms with Crippen LogP contribution in [0, 0.1) is 0 Å². The molecule has 0 spiro atoms. The topological polar surface area (TPSA) is 82.0 Å². The van der Waals surface area contributed by atoms with Crippen LogP contribution in [0.15, 0.2) is 46.4 Å². The van der Waals surface area contributed by atoms with Gasteiger partial charge in [0, 0.05) is 21.5 Å². The maximum absolute atomic E-state index is 6.12. The molecule has 3 heterocycles. The summed E-state index contributed by atoms with van der Waals surface area (Å²) in [4.78, 5) is 4.61. The number of thiazole rings is 1. The molecule has 0 saturated carbocycles. The quantitative estimate of drug-likeness (QED) is 0.583. The average Bonchev–Trinajstić information content (AvgIpc) is 3.17. The molecule has 0 radical (unpaired) electrons. The summed E-state index contributed by atoms with van der Waals surface area (Å²) in [5.41, 5.74) is 9.21. The Bertz CT molecular complexity index is 959. The third-order valence-corrected chi connectivity index (χ3v) is 4.57. The van der Waals surface area contributed by atoms with Crippen LogP contribution in [0.1, 0.15) is 0 Å².